The second-order valence-electron chi connectivity index (χ2n) is 4.74. The molecule has 0 aliphatic carbocycles. The highest BCUT2D eigenvalue weighted by Crippen LogP contribution is 2.16. The number of nitrogens with zero attached hydrogens (tertiary/aromatic N) is 3. The first kappa shape index (κ1) is 13.1. The second-order valence-corrected chi connectivity index (χ2v) is 4.74. The summed E-state index contributed by atoms with van der Waals surface area (Å²) in [7, 11) is 1.76. The molecule has 0 atom stereocenters. The summed E-state index contributed by atoms with van der Waals surface area (Å²) >= 11 is 0. The van der Waals surface area contributed by atoms with E-state index in [-0.39, 0.29) is 5.91 Å². The van der Waals surface area contributed by atoms with Crippen LogP contribution in [0, 0.1) is 0 Å². The van der Waals surface area contributed by atoms with Crippen molar-refractivity contribution in [2.45, 2.75) is 6.54 Å². The van der Waals surface area contributed by atoms with E-state index in [0.717, 1.165) is 16.5 Å². The smallest absolute Gasteiger partial charge is 0.252 e. The van der Waals surface area contributed by atoms with Gasteiger partial charge in [0.25, 0.3) is 5.91 Å². The molecule has 0 aliphatic heterocycles. The summed E-state index contributed by atoms with van der Waals surface area (Å²) in [6.45, 7) is 0.342. The van der Waals surface area contributed by atoms with Gasteiger partial charge in [-0.15, -0.1) is 0 Å². The highest BCUT2D eigenvalue weighted by Gasteiger charge is 2.11. The lowest BCUT2D eigenvalue weighted by atomic mass is 10.1. The van der Waals surface area contributed by atoms with Crippen LogP contribution >= 0.6 is 0 Å². The number of aromatic nitrogens is 3. The number of hydrogen-bond acceptors (Lipinski definition) is 4. The van der Waals surface area contributed by atoms with E-state index in [9.17, 15) is 4.79 Å². The lowest BCUT2D eigenvalue weighted by Gasteiger charge is -2.07. The summed E-state index contributed by atoms with van der Waals surface area (Å²) in [5.74, 6) is 0.395. The molecule has 0 unspecified atom stereocenters. The molecule has 3 N–H and O–H groups in total. The summed E-state index contributed by atoms with van der Waals surface area (Å²) in [6, 6.07) is 9.26. The van der Waals surface area contributed by atoms with Crippen LogP contribution in [0.1, 0.15) is 15.9 Å². The Morgan fingerprint density at radius 2 is 2.14 bits per heavy atom. The van der Waals surface area contributed by atoms with Gasteiger partial charge < -0.3 is 11.1 Å². The van der Waals surface area contributed by atoms with Crippen molar-refractivity contribution in [1.82, 2.24) is 20.1 Å². The van der Waals surface area contributed by atoms with E-state index in [1.165, 1.54) is 0 Å². The van der Waals surface area contributed by atoms with Crippen LogP contribution in [0.3, 0.4) is 0 Å². The molecule has 21 heavy (non-hydrogen) atoms. The van der Waals surface area contributed by atoms with Crippen molar-refractivity contribution in [2.75, 3.05) is 5.73 Å². The van der Waals surface area contributed by atoms with Crippen molar-refractivity contribution in [3.63, 3.8) is 0 Å². The normalized spacial score (nSPS) is 10.7. The van der Waals surface area contributed by atoms with Crippen molar-refractivity contribution in [2.24, 2.45) is 7.05 Å². The first-order valence-electron chi connectivity index (χ1n) is 6.55. The minimum atomic E-state index is -0.156. The number of fused-ring (bicyclic) bond motifs is 1. The van der Waals surface area contributed by atoms with Gasteiger partial charge in [-0.2, -0.15) is 5.10 Å². The number of para-hydroxylation sites is 1. The van der Waals surface area contributed by atoms with Crippen molar-refractivity contribution in [3.05, 3.63) is 53.9 Å². The summed E-state index contributed by atoms with van der Waals surface area (Å²) in [4.78, 5) is 16.6. The second kappa shape index (κ2) is 5.24. The van der Waals surface area contributed by atoms with Crippen LogP contribution in [0.15, 0.2) is 42.7 Å². The average molecular weight is 281 g/mol. The van der Waals surface area contributed by atoms with Crippen molar-refractivity contribution in [3.8, 4) is 0 Å². The molecule has 6 nitrogen and oxygen atoms in total. The van der Waals surface area contributed by atoms with E-state index in [0.29, 0.717) is 17.9 Å². The quantitative estimate of drug-likeness (QED) is 0.761. The first-order valence-corrected chi connectivity index (χ1v) is 6.55. The van der Waals surface area contributed by atoms with E-state index in [2.05, 4.69) is 15.4 Å². The van der Waals surface area contributed by atoms with E-state index >= 15 is 0 Å². The molecule has 0 radical (unpaired) electrons. The number of hydrogen-bond donors (Lipinski definition) is 2. The lowest BCUT2D eigenvalue weighted by molar-refractivity contribution is 0.0952. The van der Waals surface area contributed by atoms with Crippen LogP contribution in [-0.2, 0) is 13.6 Å². The predicted octanol–water partition coefficient (Wildman–Crippen LogP) is 1.48. The molecule has 6 heteroatoms. The zero-order valence-electron chi connectivity index (χ0n) is 11.6. The zero-order valence-corrected chi connectivity index (χ0v) is 11.6. The van der Waals surface area contributed by atoms with Crippen LogP contribution in [0.25, 0.3) is 10.9 Å². The Morgan fingerprint density at radius 3 is 2.90 bits per heavy atom. The van der Waals surface area contributed by atoms with Gasteiger partial charge in [-0.1, -0.05) is 18.2 Å². The minimum Gasteiger partial charge on any atom is -0.384 e. The third kappa shape index (κ3) is 2.43. The van der Waals surface area contributed by atoms with Gasteiger partial charge in [-0.25, -0.2) is 0 Å². The Balaban J connectivity index is 1.83. The Kier molecular flexibility index (Phi) is 3.27. The maximum Gasteiger partial charge on any atom is 0.252 e. The minimum absolute atomic E-state index is 0.156. The van der Waals surface area contributed by atoms with Gasteiger partial charge in [0, 0.05) is 30.7 Å². The van der Waals surface area contributed by atoms with Gasteiger partial charge >= 0.3 is 0 Å². The van der Waals surface area contributed by atoms with Crippen LogP contribution < -0.4 is 11.1 Å². The molecular formula is C15H15N5O. The largest absolute Gasteiger partial charge is 0.384 e. The van der Waals surface area contributed by atoms with Crippen LogP contribution in [0.5, 0.6) is 0 Å². The van der Waals surface area contributed by atoms with E-state index < -0.39 is 0 Å². The number of aryl methyl sites for hydroxylation is 1. The molecule has 3 aromatic rings. The van der Waals surface area contributed by atoms with Gasteiger partial charge in [-0.05, 0) is 12.1 Å². The number of carbonyl (C=O) groups excluding carboxylic acids is 1. The molecule has 106 valence electrons. The number of benzene rings is 1. The Labute approximate surface area is 121 Å². The SMILES string of the molecule is Cn1ncc(CNC(=O)c2ccnc3ccccc23)c1N. The Bertz CT molecular complexity index is 803. The third-order valence-corrected chi connectivity index (χ3v) is 3.40. The average Bonchev–Trinajstić information content (AvgIpc) is 2.84. The fourth-order valence-electron chi connectivity index (χ4n) is 2.19. The van der Waals surface area contributed by atoms with E-state index in [1.54, 1.807) is 30.2 Å². The molecule has 1 aromatic carbocycles. The number of rotatable bonds is 3. The number of amides is 1. The van der Waals surface area contributed by atoms with Crippen LogP contribution in [0.2, 0.25) is 0 Å². The fraction of sp³-hybridized carbons (Fsp3) is 0.133. The van der Waals surface area contributed by atoms with Gasteiger partial charge in [0.2, 0.25) is 0 Å². The maximum atomic E-state index is 12.3. The Hall–Kier alpha value is -2.89. The van der Waals surface area contributed by atoms with Gasteiger partial charge in [-0.3, -0.25) is 14.5 Å². The van der Waals surface area contributed by atoms with Crippen molar-refractivity contribution < 1.29 is 4.79 Å². The summed E-state index contributed by atoms with van der Waals surface area (Å²) in [5, 5.41) is 7.74. The number of pyridine rings is 1. The van der Waals surface area contributed by atoms with Gasteiger partial charge in [0.1, 0.15) is 5.82 Å². The lowest BCUT2D eigenvalue weighted by Crippen LogP contribution is -2.23. The Morgan fingerprint density at radius 1 is 1.33 bits per heavy atom. The monoisotopic (exact) mass is 281 g/mol. The third-order valence-electron chi connectivity index (χ3n) is 3.40. The highest BCUT2D eigenvalue weighted by molar-refractivity contribution is 6.05. The van der Waals surface area contributed by atoms with Crippen LogP contribution in [-0.4, -0.2) is 20.7 Å². The summed E-state index contributed by atoms with van der Waals surface area (Å²) < 4.78 is 1.57. The van der Waals surface area contributed by atoms with Gasteiger partial charge in [0.15, 0.2) is 0 Å². The number of nitrogen functional groups attached to an aromatic ring is 1. The predicted molar refractivity (Wildman–Crippen MR) is 80.5 cm³/mol. The molecule has 2 aromatic heterocycles. The standard InChI is InChI=1S/C15H15N5O/c1-20-14(16)10(9-19-20)8-18-15(21)12-6-7-17-13-5-3-2-4-11(12)13/h2-7,9H,8,16H2,1H3,(H,18,21). The number of nitrogens with one attached hydrogen (secondary N) is 1. The highest BCUT2D eigenvalue weighted by atomic mass is 16.1. The molecule has 0 saturated carbocycles. The molecule has 0 saturated heterocycles. The summed E-state index contributed by atoms with van der Waals surface area (Å²) in [5.41, 5.74) is 8.05. The molecule has 0 spiro atoms. The molecular weight excluding hydrogens is 266 g/mol. The number of anilines is 1. The first-order chi connectivity index (χ1) is 10.2. The maximum absolute atomic E-state index is 12.3. The van der Waals surface area contributed by atoms with Crippen molar-refractivity contribution in [1.29, 1.82) is 0 Å². The summed E-state index contributed by atoms with van der Waals surface area (Å²) in [6.07, 6.45) is 3.29. The molecule has 1 amide bonds. The number of carbonyl (C=O) groups is 1. The topological polar surface area (TPSA) is 85.8 Å². The van der Waals surface area contributed by atoms with Crippen molar-refractivity contribution >= 4 is 22.6 Å². The van der Waals surface area contributed by atoms with Gasteiger partial charge in [0.05, 0.1) is 17.3 Å². The van der Waals surface area contributed by atoms with E-state index in [1.807, 2.05) is 24.3 Å². The zero-order chi connectivity index (χ0) is 14.8. The molecule has 2 heterocycles. The molecule has 0 bridgehead atoms. The van der Waals surface area contributed by atoms with E-state index in [4.69, 9.17) is 5.73 Å². The fourth-order valence-corrected chi connectivity index (χ4v) is 2.19. The molecule has 3 rings (SSSR count). The number of nitrogens with two attached hydrogens (primary N) is 1. The molecule has 0 fully saturated rings. The molecule has 0 aliphatic rings. The van der Waals surface area contributed by atoms with Crippen LogP contribution in [0.4, 0.5) is 5.82 Å².